The molecule has 8 aliphatic heterocycles. The maximum atomic E-state index is 12.3. The van der Waals surface area contributed by atoms with Crippen LogP contribution in [0, 0.1) is 6.92 Å². The van der Waals surface area contributed by atoms with Gasteiger partial charge in [-0.1, -0.05) is 100 Å². The first-order valence-electron chi connectivity index (χ1n) is 37.0. The Bertz CT molecular complexity index is 5460. The van der Waals surface area contributed by atoms with Crippen LogP contribution in [0.25, 0.3) is 42.5 Å². The Kier molecular flexibility index (Phi) is 39.5. The normalized spacial score (nSPS) is 16.1. The maximum absolute atomic E-state index is 12.3. The van der Waals surface area contributed by atoms with E-state index in [4.69, 9.17) is 33.2 Å². The molecule has 0 aliphatic carbocycles. The van der Waals surface area contributed by atoms with Gasteiger partial charge in [0.1, 0.15) is 40.2 Å². The standard InChI is InChI=1S/2C22H20N2O4S2.C22H20N2O3S2.2C11H8F3NO2S.4Cu/c2*1-27-15-5-7-17-19(11-15)29-21(23-17)9-13(25)3-4-14(26)10-22-24-18-8-6-16(28-2)12-20(18)30-22;1-13-3-7-17-19(9-13)28-21(23-17)10-14(25)4-5-15(26)11-22-24-18-8-6-16(27-2)12-20(18)29-22;2*1-17-6-2-3-7-8(4-6)18-10(15-7)5-9(16)11(12,13)14;;;;/h2*5-12H,3-4H2,1-2H3,(H2,23,24,25,26);3,6-12H,4-5H2,1-2H3,(H2,23,24,25,26);2*2-5H,1H3,(H,15,16);;;;/q;;;;;4*+2/p-8. The van der Waals surface area contributed by atoms with Gasteiger partial charge in [-0.15, -0.1) is 140 Å². The number of methoxy groups -OCH3 is 7. The van der Waals surface area contributed by atoms with Gasteiger partial charge < -0.3 is 75.7 Å². The fraction of sp³-hybridized carbons (Fsp3) is 0.182. The molecule has 4 radical (unpaired) electrons. The molecule has 41 heteroatoms. The number of carbonyl (C=O) groups is 8. The predicted molar refractivity (Wildman–Crippen MR) is 478 cm³/mol. The number of halogens is 6. The van der Waals surface area contributed by atoms with Crippen molar-refractivity contribution >= 4 is 186 Å². The number of benzene rings is 8. The number of nitrogens with zero attached hydrogens (tertiary/aromatic N) is 8. The number of hydrogen-bond donors (Lipinski definition) is 0. The molecule has 0 saturated carbocycles. The summed E-state index contributed by atoms with van der Waals surface area (Å²) in [6, 6.07) is 43.8. The third-order valence-corrected chi connectivity index (χ3v) is 25.2. The van der Waals surface area contributed by atoms with Crippen molar-refractivity contribution in [1.82, 2.24) is 0 Å². The van der Waals surface area contributed by atoms with E-state index in [1.54, 1.807) is 71.9 Å². The SMILES string of the molecule is COc1ccc2c(c1)SC(=CC(=O)C(F)(F)F)[N-]2.COc1ccc2c(c1)SC(=CC(=O)C(F)(F)F)[N-]2.COc1ccc2c(c1)SC(=CC(=O)CCC(=O)C=C1[N-]c3ccc(C)cc3S1)[N-]2.COc1ccc2c(c1)SC(=CC(=O)CCC(=O)C=C1[N-]c3ccc(OC)cc3S1)[N-]2.COc1ccc2c(c1)SC(=CC(=O)CCC(=O)C=C1[N-]c3ccc(OC)cc3S1)[N-]2.[Cu+2].[Cu+2].[Cu+2].[Cu+2]. The zero-order valence-electron chi connectivity index (χ0n) is 68.2. The van der Waals surface area contributed by atoms with Crippen molar-refractivity contribution in [2.24, 2.45) is 0 Å². The molecule has 0 saturated heterocycles. The fourth-order valence-corrected chi connectivity index (χ4v) is 18.9. The maximum Gasteiger partial charge on any atom is 2.00 e. The summed E-state index contributed by atoms with van der Waals surface area (Å²) in [7, 11) is 11.0. The van der Waals surface area contributed by atoms with E-state index >= 15 is 0 Å². The zero-order valence-corrected chi connectivity index (χ0v) is 78.5. The first kappa shape index (κ1) is 105. The summed E-state index contributed by atoms with van der Waals surface area (Å²) in [4.78, 5) is 102. The number of ether oxygens (including phenoxy) is 7. The molecule has 0 fully saturated rings. The fourth-order valence-electron chi connectivity index (χ4n) is 11.3. The molecular weight excluding hydrogens is 2030 g/mol. The van der Waals surface area contributed by atoms with E-state index in [2.05, 4.69) is 48.6 Å². The number of thioether (sulfide) groups is 8. The van der Waals surface area contributed by atoms with E-state index < -0.39 is 23.9 Å². The summed E-state index contributed by atoms with van der Waals surface area (Å²) in [5.41, 5.74) is 7.20. The van der Waals surface area contributed by atoms with Gasteiger partial charge in [0.15, 0.2) is 34.7 Å². The van der Waals surface area contributed by atoms with Gasteiger partial charge in [-0.2, -0.15) is 26.3 Å². The molecule has 129 heavy (non-hydrogen) atoms. The van der Waals surface area contributed by atoms with Crippen LogP contribution in [0.1, 0.15) is 44.1 Å². The first-order chi connectivity index (χ1) is 59.9. The summed E-state index contributed by atoms with van der Waals surface area (Å²) in [6.45, 7) is 2.03. The van der Waals surface area contributed by atoms with Gasteiger partial charge >= 0.3 is 80.6 Å². The number of aryl methyl sites for hydroxylation is 1. The molecule has 8 aromatic carbocycles. The van der Waals surface area contributed by atoms with Crippen molar-refractivity contribution < 1.29 is 166 Å². The largest absolute Gasteiger partial charge is 2.00 e. The van der Waals surface area contributed by atoms with Crippen LogP contribution in [0.4, 0.5) is 71.8 Å². The minimum Gasteiger partial charge on any atom is -0.651 e. The Labute approximate surface area is 814 Å². The Balaban J connectivity index is 0.000000201. The molecule has 0 amide bonds. The number of carbonyl (C=O) groups excluding carboxylic acids is 8. The Morgan fingerprint density at radius 1 is 0.248 bits per heavy atom. The molecule has 0 aromatic heterocycles. The van der Waals surface area contributed by atoms with Gasteiger partial charge in [-0.25, -0.2) is 0 Å². The molecule has 8 aliphatic rings. The predicted octanol–water partition coefficient (Wildman–Crippen LogP) is 26.5. The van der Waals surface area contributed by atoms with E-state index in [1.165, 1.54) is 121 Å². The summed E-state index contributed by atoms with van der Waals surface area (Å²) in [5.74, 6) is 0.372. The van der Waals surface area contributed by atoms with Crippen LogP contribution in [0.3, 0.4) is 0 Å². The number of ketones is 8. The minimum absolute atomic E-state index is 0. The van der Waals surface area contributed by atoms with Crippen LogP contribution in [0.15, 0.2) is 274 Å². The van der Waals surface area contributed by atoms with E-state index in [1.807, 2.05) is 110 Å². The van der Waals surface area contributed by atoms with E-state index in [9.17, 15) is 64.7 Å². The minimum atomic E-state index is -4.87. The Morgan fingerprint density at radius 2 is 0.395 bits per heavy atom. The van der Waals surface area contributed by atoms with Crippen molar-refractivity contribution in [3.05, 3.63) is 283 Å². The molecule has 0 spiro atoms. The van der Waals surface area contributed by atoms with Crippen molar-refractivity contribution in [3.8, 4) is 40.2 Å². The average Bonchev–Trinajstić information content (AvgIpc) is 1.72. The number of alkyl halides is 6. The smallest absolute Gasteiger partial charge is 0.651 e. The van der Waals surface area contributed by atoms with Crippen molar-refractivity contribution in [2.45, 2.75) is 97.0 Å². The van der Waals surface area contributed by atoms with Crippen molar-refractivity contribution in [1.29, 1.82) is 0 Å². The second-order valence-corrected chi connectivity index (χ2v) is 34.9. The van der Waals surface area contributed by atoms with Crippen molar-refractivity contribution in [2.75, 3.05) is 49.8 Å². The summed E-state index contributed by atoms with van der Waals surface area (Å²) < 4.78 is 109. The number of allylic oxidation sites excluding steroid dienone is 8. The van der Waals surface area contributed by atoms with Crippen LogP contribution in [0.2, 0.25) is 0 Å². The molecule has 0 N–H and O–H groups in total. The second-order valence-electron chi connectivity index (χ2n) is 26.4. The van der Waals surface area contributed by atoms with E-state index in [0.717, 1.165) is 121 Å². The third-order valence-electron chi connectivity index (χ3n) is 17.5. The summed E-state index contributed by atoms with van der Waals surface area (Å²) in [5, 5.41) is 38.4. The topological polar surface area (TPSA) is 314 Å². The quantitative estimate of drug-likeness (QED) is 0.0308. The van der Waals surface area contributed by atoms with Gasteiger partial charge in [-0.05, 0) is 186 Å². The van der Waals surface area contributed by atoms with Gasteiger partial charge in [0.05, 0.1) is 49.8 Å². The van der Waals surface area contributed by atoms with Crippen LogP contribution >= 0.6 is 94.1 Å². The van der Waals surface area contributed by atoms with Crippen LogP contribution in [-0.4, -0.2) is 108 Å². The van der Waals surface area contributed by atoms with E-state index in [-0.39, 0.29) is 152 Å². The molecule has 0 bridgehead atoms. The van der Waals surface area contributed by atoms with Gasteiger partial charge in [0, 0.05) is 38.5 Å². The Morgan fingerprint density at radius 3 is 0.550 bits per heavy atom. The molecule has 684 valence electrons. The molecule has 8 aromatic rings. The van der Waals surface area contributed by atoms with Crippen LogP contribution in [-0.2, 0) is 107 Å². The molecular formula is C88H68Cu4F6N8O15S8. The third kappa shape index (κ3) is 30.0. The molecule has 23 nitrogen and oxygen atoms in total. The number of fused-ring (bicyclic) bond motifs is 8. The first-order valence-corrected chi connectivity index (χ1v) is 43.6. The summed E-state index contributed by atoms with van der Waals surface area (Å²) >= 11 is 10.6. The van der Waals surface area contributed by atoms with Gasteiger partial charge in [-0.3, -0.25) is 38.4 Å². The van der Waals surface area contributed by atoms with E-state index in [0.29, 0.717) is 75.0 Å². The molecule has 0 atom stereocenters. The van der Waals surface area contributed by atoms with Gasteiger partial charge in [0.25, 0.3) is 11.6 Å². The van der Waals surface area contributed by atoms with Crippen molar-refractivity contribution in [3.63, 3.8) is 0 Å². The number of rotatable bonds is 24. The molecule has 0 unspecified atom stereocenters. The summed E-state index contributed by atoms with van der Waals surface area (Å²) in [6.07, 6.45) is 1.11. The monoisotopic (exact) mass is 2100 g/mol. The number of hydrogen-bond acceptors (Lipinski definition) is 23. The zero-order chi connectivity index (χ0) is 89.2. The van der Waals surface area contributed by atoms with Gasteiger partial charge in [0.2, 0.25) is 0 Å². The average molecular weight is 2100 g/mol. The van der Waals surface area contributed by atoms with Crippen LogP contribution < -0.4 is 33.2 Å². The van der Waals surface area contributed by atoms with Crippen LogP contribution in [0.5, 0.6) is 40.2 Å². The molecule has 8 heterocycles. The molecule has 16 rings (SSSR count). The Hall–Kier alpha value is -9.50. The second kappa shape index (κ2) is 48.6.